The summed E-state index contributed by atoms with van der Waals surface area (Å²) >= 11 is 0. The quantitative estimate of drug-likeness (QED) is 0.0228. The van der Waals surface area contributed by atoms with Gasteiger partial charge in [-0.2, -0.15) is 0 Å². The molecule has 9 nitrogen and oxygen atoms in total. The van der Waals surface area contributed by atoms with Gasteiger partial charge in [0.25, 0.3) is 0 Å². The Bertz CT molecular complexity index is 1750. The van der Waals surface area contributed by atoms with Gasteiger partial charge in [-0.05, 0) is 84.9 Å². The number of unbranched alkanes of at least 4 members (excludes halogenated alkanes) is 3. The van der Waals surface area contributed by atoms with Crippen molar-refractivity contribution in [1.82, 2.24) is 0 Å². The molecule has 0 saturated carbocycles. The Morgan fingerprint density at radius 3 is 1.85 bits per heavy atom. The Morgan fingerprint density at radius 1 is 0.761 bits per heavy atom. The van der Waals surface area contributed by atoms with E-state index in [0.717, 1.165) is 31.2 Å². The Morgan fingerprint density at radius 2 is 1.30 bits per heavy atom. The number of carbonyl (C=O) groups excluding carboxylic acids is 2. The van der Waals surface area contributed by atoms with Gasteiger partial charge in [0.05, 0.1) is 6.61 Å². The highest BCUT2D eigenvalue weighted by atomic mass is 19.2. The predicted molar refractivity (Wildman–Crippen MR) is 161 cm³/mol. The van der Waals surface area contributed by atoms with E-state index in [0.29, 0.717) is 35.6 Å². The summed E-state index contributed by atoms with van der Waals surface area (Å²) in [5, 5.41) is 2.58. The molecule has 13 heteroatoms. The van der Waals surface area contributed by atoms with E-state index in [1.165, 1.54) is 24.3 Å². The van der Waals surface area contributed by atoms with Crippen LogP contribution in [0.2, 0.25) is 0 Å². The van der Waals surface area contributed by atoms with Crippen LogP contribution in [-0.2, 0) is 0 Å². The minimum Gasteiger partial charge on any atom is -0.493 e. The van der Waals surface area contributed by atoms with E-state index in [4.69, 9.17) is 25.5 Å². The SMILES string of the molecule is Cc1ccc(C(=O)Oc2ccc(-c3ccc(OC(=O)c4c(F)c(F)c(N=[N+]=[N-])c(F)c4F)cc3)cc2)c(OCCCCCCN)c1. The third-order valence-corrected chi connectivity index (χ3v) is 6.77. The van der Waals surface area contributed by atoms with E-state index >= 15 is 0 Å². The number of aryl methyl sites for hydroxylation is 1. The molecule has 0 aliphatic rings. The first-order chi connectivity index (χ1) is 22.1. The Hall–Kier alpha value is -5.39. The fraction of sp³-hybridized carbons (Fsp3) is 0.212. The second-order valence-electron chi connectivity index (χ2n) is 10.0. The third-order valence-electron chi connectivity index (χ3n) is 6.77. The van der Waals surface area contributed by atoms with Gasteiger partial charge in [-0.3, -0.25) is 0 Å². The summed E-state index contributed by atoms with van der Waals surface area (Å²) in [7, 11) is 0. The average molecular weight is 637 g/mol. The lowest BCUT2D eigenvalue weighted by Crippen LogP contribution is -2.16. The zero-order valence-corrected chi connectivity index (χ0v) is 24.6. The molecule has 0 spiro atoms. The Labute approximate surface area is 261 Å². The first-order valence-electron chi connectivity index (χ1n) is 14.1. The summed E-state index contributed by atoms with van der Waals surface area (Å²) in [6.45, 7) is 3.00. The second kappa shape index (κ2) is 15.6. The number of nitrogens with zero attached hydrogens (tertiary/aromatic N) is 3. The Balaban J connectivity index is 1.40. The number of nitrogens with two attached hydrogens (primary N) is 1. The standard InChI is InChI=1S/C33H28F4N4O5/c1-19-6-15-24(25(18-19)44-17-5-3-2-4-16-38)32(42)45-22-11-7-20(8-12-22)21-9-13-23(14-10-21)46-33(43)26-27(34)29(36)31(40-41-39)30(37)28(26)35/h6-15,18H,2-5,16-17,38H2,1H3. The molecule has 0 aliphatic carbocycles. The molecule has 0 amide bonds. The second-order valence-corrected chi connectivity index (χ2v) is 10.0. The van der Waals surface area contributed by atoms with E-state index in [2.05, 4.69) is 10.0 Å². The summed E-state index contributed by atoms with van der Waals surface area (Å²) in [4.78, 5) is 27.4. The molecular weight excluding hydrogens is 608 g/mol. The monoisotopic (exact) mass is 636 g/mol. The number of carbonyl (C=O) groups is 2. The van der Waals surface area contributed by atoms with Crippen LogP contribution in [0.15, 0.2) is 71.8 Å². The van der Waals surface area contributed by atoms with Crippen molar-refractivity contribution in [2.75, 3.05) is 13.2 Å². The van der Waals surface area contributed by atoms with Gasteiger partial charge < -0.3 is 19.9 Å². The molecule has 0 saturated heterocycles. The van der Waals surface area contributed by atoms with E-state index in [1.807, 2.05) is 6.92 Å². The van der Waals surface area contributed by atoms with Crippen molar-refractivity contribution in [3.63, 3.8) is 0 Å². The molecule has 0 fully saturated rings. The summed E-state index contributed by atoms with van der Waals surface area (Å²) in [6, 6.07) is 17.4. The molecule has 0 atom stereocenters. The van der Waals surface area contributed by atoms with Crippen LogP contribution < -0.4 is 19.9 Å². The molecule has 0 heterocycles. The van der Waals surface area contributed by atoms with Crippen molar-refractivity contribution in [2.45, 2.75) is 32.6 Å². The number of hydrogen-bond acceptors (Lipinski definition) is 7. The highest BCUT2D eigenvalue weighted by Gasteiger charge is 2.30. The molecule has 2 N–H and O–H groups in total. The molecule has 4 rings (SSSR count). The number of benzene rings is 4. The lowest BCUT2D eigenvalue weighted by molar-refractivity contribution is 0.0715. The maximum atomic E-state index is 14.3. The van der Waals surface area contributed by atoms with Crippen LogP contribution in [0.5, 0.6) is 17.2 Å². The van der Waals surface area contributed by atoms with Gasteiger partial charge in [0.15, 0.2) is 23.3 Å². The van der Waals surface area contributed by atoms with Crippen molar-refractivity contribution in [2.24, 2.45) is 10.8 Å². The van der Waals surface area contributed by atoms with Gasteiger partial charge in [0, 0.05) is 4.91 Å². The summed E-state index contributed by atoms with van der Waals surface area (Å²) in [5.41, 5.74) is 13.2. The molecule has 4 aromatic carbocycles. The van der Waals surface area contributed by atoms with Crippen molar-refractivity contribution in [3.05, 3.63) is 117 Å². The highest BCUT2D eigenvalue weighted by Crippen LogP contribution is 2.32. The topological polar surface area (TPSA) is 137 Å². The number of halogens is 4. The van der Waals surface area contributed by atoms with E-state index < -0.39 is 46.5 Å². The highest BCUT2D eigenvalue weighted by molar-refractivity contribution is 5.94. The van der Waals surface area contributed by atoms with E-state index in [-0.39, 0.29) is 11.5 Å². The average Bonchev–Trinajstić information content (AvgIpc) is 3.04. The molecule has 0 radical (unpaired) electrons. The number of ether oxygens (including phenoxy) is 3. The number of esters is 2. The number of hydrogen-bond donors (Lipinski definition) is 1. The Kier molecular flexibility index (Phi) is 11.3. The van der Waals surface area contributed by atoms with Crippen molar-refractivity contribution in [1.29, 1.82) is 0 Å². The molecule has 0 aliphatic heterocycles. The maximum absolute atomic E-state index is 14.3. The summed E-state index contributed by atoms with van der Waals surface area (Å²) in [6.07, 6.45) is 3.77. The van der Waals surface area contributed by atoms with Crippen LogP contribution in [0.25, 0.3) is 21.6 Å². The zero-order chi connectivity index (χ0) is 33.2. The lowest BCUT2D eigenvalue weighted by Gasteiger charge is -2.12. The van der Waals surface area contributed by atoms with Gasteiger partial charge in [0.1, 0.15) is 34.1 Å². The van der Waals surface area contributed by atoms with Crippen LogP contribution in [0.1, 0.15) is 52.0 Å². The molecule has 238 valence electrons. The predicted octanol–water partition coefficient (Wildman–Crippen LogP) is 8.50. The van der Waals surface area contributed by atoms with Crippen LogP contribution >= 0.6 is 0 Å². The van der Waals surface area contributed by atoms with Crippen molar-refractivity contribution < 1.29 is 41.4 Å². The smallest absolute Gasteiger partial charge is 0.349 e. The first kappa shape index (κ1) is 33.5. The minimum absolute atomic E-state index is 0.176. The largest absolute Gasteiger partial charge is 0.493 e. The first-order valence-corrected chi connectivity index (χ1v) is 14.1. The molecule has 0 unspecified atom stereocenters. The van der Waals surface area contributed by atoms with Gasteiger partial charge in [-0.1, -0.05) is 48.3 Å². The molecule has 46 heavy (non-hydrogen) atoms. The summed E-state index contributed by atoms with van der Waals surface area (Å²) in [5.74, 6) is -9.95. The normalized spacial score (nSPS) is 10.7. The van der Waals surface area contributed by atoms with Crippen LogP contribution in [-0.4, -0.2) is 25.1 Å². The minimum atomic E-state index is -2.07. The fourth-order valence-corrected chi connectivity index (χ4v) is 4.38. The molecule has 4 aromatic rings. The van der Waals surface area contributed by atoms with Gasteiger partial charge in [0.2, 0.25) is 0 Å². The fourth-order valence-electron chi connectivity index (χ4n) is 4.38. The van der Waals surface area contributed by atoms with Crippen LogP contribution in [0.3, 0.4) is 0 Å². The van der Waals surface area contributed by atoms with E-state index in [9.17, 15) is 27.2 Å². The zero-order valence-electron chi connectivity index (χ0n) is 24.6. The third kappa shape index (κ3) is 8.00. The van der Waals surface area contributed by atoms with Crippen LogP contribution in [0, 0.1) is 30.2 Å². The molecular formula is C33H28F4N4O5. The van der Waals surface area contributed by atoms with Gasteiger partial charge >= 0.3 is 11.9 Å². The lowest BCUT2D eigenvalue weighted by atomic mass is 10.1. The van der Waals surface area contributed by atoms with Gasteiger partial charge in [-0.25, -0.2) is 27.2 Å². The van der Waals surface area contributed by atoms with Gasteiger partial charge in [-0.15, -0.1) is 0 Å². The molecule has 0 bridgehead atoms. The number of azide groups is 1. The van der Waals surface area contributed by atoms with Crippen molar-refractivity contribution >= 4 is 17.6 Å². The van der Waals surface area contributed by atoms with Crippen LogP contribution in [0.4, 0.5) is 23.2 Å². The van der Waals surface area contributed by atoms with Crippen molar-refractivity contribution in [3.8, 4) is 28.4 Å². The number of rotatable bonds is 13. The van der Waals surface area contributed by atoms with E-state index in [1.54, 1.807) is 42.5 Å². The summed E-state index contributed by atoms with van der Waals surface area (Å²) < 4.78 is 73.0. The molecule has 0 aromatic heterocycles. The maximum Gasteiger partial charge on any atom is 0.349 e.